The number of Topliss-reactive ketones (excluding diaryl/α,β-unsaturated/α-hetero) is 1. The van der Waals surface area contributed by atoms with Gasteiger partial charge in [0.25, 0.3) is 0 Å². The Morgan fingerprint density at radius 1 is 1.33 bits per heavy atom. The van der Waals surface area contributed by atoms with Crippen molar-refractivity contribution in [3.63, 3.8) is 0 Å². The highest BCUT2D eigenvalue weighted by atomic mass is 16.3. The maximum absolute atomic E-state index is 11.3. The summed E-state index contributed by atoms with van der Waals surface area (Å²) in [5, 5.41) is 28.0. The molecule has 0 fully saturated rings. The van der Waals surface area contributed by atoms with Crippen LogP contribution in [0.5, 0.6) is 17.2 Å². The van der Waals surface area contributed by atoms with Crippen LogP contribution in [-0.4, -0.2) is 27.4 Å². The van der Waals surface area contributed by atoms with Gasteiger partial charge in [0.2, 0.25) is 0 Å². The van der Waals surface area contributed by atoms with Crippen molar-refractivity contribution < 1.29 is 24.9 Å². The molecule has 0 radical (unpaired) electrons. The first-order valence-electron chi connectivity index (χ1n) is 4.29. The summed E-state index contributed by atoms with van der Waals surface area (Å²) in [6.45, 7) is 1.55. The summed E-state index contributed by atoms with van der Waals surface area (Å²) < 4.78 is 0. The van der Waals surface area contributed by atoms with Crippen LogP contribution in [0.1, 0.15) is 34.1 Å². The number of aromatic hydroxyl groups is 3. The van der Waals surface area contributed by atoms with Gasteiger partial charge in [0.05, 0.1) is 5.56 Å². The van der Waals surface area contributed by atoms with E-state index in [4.69, 9.17) is 0 Å². The number of ketones is 1. The third kappa shape index (κ3) is 1.76. The zero-order chi connectivity index (χ0) is 11.6. The summed E-state index contributed by atoms with van der Waals surface area (Å²) >= 11 is 0. The van der Waals surface area contributed by atoms with Crippen LogP contribution >= 0.6 is 0 Å². The molecule has 0 saturated heterocycles. The van der Waals surface area contributed by atoms with Crippen molar-refractivity contribution in [1.82, 2.24) is 0 Å². The maximum Gasteiger partial charge on any atom is 0.170 e. The van der Waals surface area contributed by atoms with Gasteiger partial charge in [0.1, 0.15) is 22.8 Å². The van der Waals surface area contributed by atoms with Gasteiger partial charge in [-0.1, -0.05) is 6.92 Å². The van der Waals surface area contributed by atoms with E-state index in [0.29, 0.717) is 0 Å². The fraction of sp³-hybridized carbons (Fsp3) is 0.200. The molecule has 0 atom stereocenters. The molecule has 5 heteroatoms. The van der Waals surface area contributed by atoms with Gasteiger partial charge in [-0.25, -0.2) is 0 Å². The molecule has 0 aliphatic heterocycles. The molecule has 0 aliphatic carbocycles. The summed E-state index contributed by atoms with van der Waals surface area (Å²) in [5.41, 5.74) is -0.734. The molecule has 80 valence electrons. The van der Waals surface area contributed by atoms with E-state index in [9.17, 15) is 24.9 Å². The highest BCUT2D eigenvalue weighted by Crippen LogP contribution is 2.36. The number of aldehydes is 1. The van der Waals surface area contributed by atoms with Gasteiger partial charge in [0, 0.05) is 12.5 Å². The van der Waals surface area contributed by atoms with Crippen LogP contribution in [0.4, 0.5) is 0 Å². The SMILES string of the molecule is CCC(=O)c1c(O)cc(O)c(C=O)c1O. The largest absolute Gasteiger partial charge is 0.507 e. The number of carbonyl (C=O) groups excluding carboxylic acids is 2. The average molecular weight is 210 g/mol. The van der Waals surface area contributed by atoms with Gasteiger partial charge in [0.15, 0.2) is 12.1 Å². The highest BCUT2D eigenvalue weighted by Gasteiger charge is 2.21. The second-order valence-corrected chi connectivity index (χ2v) is 2.95. The first-order valence-corrected chi connectivity index (χ1v) is 4.29. The van der Waals surface area contributed by atoms with Crippen LogP contribution in [0, 0.1) is 0 Å². The van der Waals surface area contributed by atoms with Crippen LogP contribution in [0.15, 0.2) is 6.07 Å². The van der Waals surface area contributed by atoms with Gasteiger partial charge < -0.3 is 15.3 Å². The molecule has 0 aliphatic rings. The smallest absolute Gasteiger partial charge is 0.170 e. The first-order chi connectivity index (χ1) is 7.02. The van der Waals surface area contributed by atoms with Crippen molar-refractivity contribution in [1.29, 1.82) is 0 Å². The maximum atomic E-state index is 11.3. The molecule has 0 amide bonds. The Labute approximate surface area is 85.6 Å². The molecule has 1 rings (SSSR count). The van der Waals surface area contributed by atoms with Crippen molar-refractivity contribution in [3.05, 3.63) is 17.2 Å². The van der Waals surface area contributed by atoms with Gasteiger partial charge in [-0.2, -0.15) is 0 Å². The third-order valence-electron chi connectivity index (χ3n) is 2.02. The van der Waals surface area contributed by atoms with Crippen LogP contribution in [0.25, 0.3) is 0 Å². The molecule has 0 saturated carbocycles. The lowest BCUT2D eigenvalue weighted by molar-refractivity contribution is 0.0983. The van der Waals surface area contributed by atoms with Crippen molar-refractivity contribution in [2.45, 2.75) is 13.3 Å². The van der Waals surface area contributed by atoms with Crippen molar-refractivity contribution in [2.75, 3.05) is 0 Å². The second kappa shape index (κ2) is 4.00. The molecule has 3 N–H and O–H groups in total. The normalized spacial score (nSPS) is 9.93. The number of phenols is 3. The lowest BCUT2D eigenvalue weighted by Gasteiger charge is -2.08. The minimum atomic E-state index is -0.686. The summed E-state index contributed by atoms with van der Waals surface area (Å²) in [7, 11) is 0. The first kappa shape index (κ1) is 11.0. The average Bonchev–Trinajstić information content (AvgIpc) is 2.17. The summed E-state index contributed by atoms with van der Waals surface area (Å²) in [4.78, 5) is 21.8. The lowest BCUT2D eigenvalue weighted by atomic mass is 10.0. The van der Waals surface area contributed by atoms with Crippen molar-refractivity contribution in [3.8, 4) is 17.2 Å². The van der Waals surface area contributed by atoms with Crippen LogP contribution in [-0.2, 0) is 0 Å². The number of hydrogen-bond acceptors (Lipinski definition) is 5. The number of phenolic OH excluding ortho intramolecular Hbond substituents is 3. The lowest BCUT2D eigenvalue weighted by Crippen LogP contribution is -2.00. The molecule has 5 nitrogen and oxygen atoms in total. The Morgan fingerprint density at radius 2 is 1.93 bits per heavy atom. The molecule has 0 heterocycles. The summed E-state index contributed by atoms with van der Waals surface area (Å²) in [5.74, 6) is -2.29. The molecule has 1 aromatic rings. The fourth-order valence-corrected chi connectivity index (χ4v) is 1.22. The van der Waals surface area contributed by atoms with Crippen LogP contribution < -0.4 is 0 Å². The van der Waals surface area contributed by atoms with E-state index in [2.05, 4.69) is 0 Å². The van der Waals surface area contributed by atoms with Gasteiger partial charge in [-0.05, 0) is 0 Å². The minimum Gasteiger partial charge on any atom is -0.507 e. The van der Waals surface area contributed by atoms with Gasteiger partial charge >= 0.3 is 0 Å². The molecule has 0 aromatic heterocycles. The standard InChI is InChI=1S/C10H10O5/c1-2-6(12)9-8(14)3-7(13)5(4-11)10(9)15/h3-4,13-15H,2H2,1H3. The molecule has 0 bridgehead atoms. The van der Waals surface area contributed by atoms with Crippen LogP contribution in [0.2, 0.25) is 0 Å². The topological polar surface area (TPSA) is 94.8 Å². The Balaban J connectivity index is 3.52. The number of carbonyl (C=O) groups is 2. The van der Waals surface area contributed by atoms with E-state index >= 15 is 0 Å². The van der Waals surface area contributed by atoms with Crippen molar-refractivity contribution in [2.24, 2.45) is 0 Å². The predicted molar refractivity (Wildman–Crippen MR) is 51.4 cm³/mol. The summed E-state index contributed by atoms with van der Waals surface area (Å²) in [6, 6.07) is 0.854. The fourth-order valence-electron chi connectivity index (χ4n) is 1.22. The Morgan fingerprint density at radius 3 is 2.40 bits per heavy atom. The number of hydrogen-bond donors (Lipinski definition) is 3. The van der Waals surface area contributed by atoms with Crippen molar-refractivity contribution >= 4 is 12.1 Å². The molecule has 1 aromatic carbocycles. The Bertz CT molecular complexity index is 422. The monoisotopic (exact) mass is 210 g/mol. The molecule has 15 heavy (non-hydrogen) atoms. The van der Waals surface area contributed by atoms with E-state index in [1.54, 1.807) is 6.92 Å². The molecule has 0 unspecified atom stereocenters. The number of benzene rings is 1. The molecular weight excluding hydrogens is 200 g/mol. The van der Waals surface area contributed by atoms with E-state index in [0.717, 1.165) is 6.07 Å². The van der Waals surface area contributed by atoms with E-state index in [1.165, 1.54) is 0 Å². The quantitative estimate of drug-likeness (QED) is 0.514. The minimum absolute atomic E-state index is 0.0736. The van der Waals surface area contributed by atoms with Gasteiger partial charge in [-0.3, -0.25) is 9.59 Å². The Kier molecular flexibility index (Phi) is 2.94. The zero-order valence-electron chi connectivity index (χ0n) is 8.02. The van der Waals surface area contributed by atoms with Crippen LogP contribution in [0.3, 0.4) is 0 Å². The molecule has 0 spiro atoms. The number of rotatable bonds is 3. The van der Waals surface area contributed by atoms with E-state index in [1.807, 2.05) is 0 Å². The van der Waals surface area contributed by atoms with Gasteiger partial charge in [-0.15, -0.1) is 0 Å². The summed E-state index contributed by atoms with van der Waals surface area (Å²) in [6.07, 6.45) is 0.292. The van der Waals surface area contributed by atoms with E-state index in [-0.39, 0.29) is 18.3 Å². The predicted octanol–water partition coefficient (Wildman–Crippen LogP) is 1.21. The highest BCUT2D eigenvalue weighted by molar-refractivity contribution is 6.04. The third-order valence-corrected chi connectivity index (χ3v) is 2.02. The zero-order valence-corrected chi connectivity index (χ0v) is 8.02. The van der Waals surface area contributed by atoms with E-state index < -0.39 is 28.6 Å². The Hall–Kier alpha value is -2.04. The second-order valence-electron chi connectivity index (χ2n) is 2.95. The molecular formula is C10H10O5.